The number of benzene rings is 3. The predicted molar refractivity (Wildman–Crippen MR) is 92.2 cm³/mol. The molecule has 3 heteroatoms. The largest absolute Gasteiger partial charge is 0.425 e. The number of hydrogen-bond acceptors (Lipinski definition) is 3. The fourth-order valence-corrected chi connectivity index (χ4v) is 3.31. The predicted octanol–water partition coefficient (Wildman–Crippen LogP) is 4.19. The average molecular weight is 316 g/mol. The summed E-state index contributed by atoms with van der Waals surface area (Å²) >= 11 is 0. The van der Waals surface area contributed by atoms with Crippen LogP contribution in [0.5, 0.6) is 5.75 Å². The summed E-state index contributed by atoms with van der Waals surface area (Å²) in [6.07, 6.45) is 0.328. The second-order valence-corrected chi connectivity index (χ2v) is 6.37. The molecule has 0 amide bonds. The fourth-order valence-electron chi connectivity index (χ4n) is 3.31. The van der Waals surface area contributed by atoms with Crippen LogP contribution in [0, 0.1) is 5.41 Å². The molecule has 4 rings (SSSR count). The van der Waals surface area contributed by atoms with Crippen molar-refractivity contribution in [3.8, 4) is 5.75 Å². The second-order valence-electron chi connectivity index (χ2n) is 6.37. The van der Waals surface area contributed by atoms with Crippen molar-refractivity contribution >= 4 is 22.5 Å². The van der Waals surface area contributed by atoms with Crippen LogP contribution in [0.15, 0.2) is 66.7 Å². The van der Waals surface area contributed by atoms with Crippen LogP contribution in [0.25, 0.3) is 10.8 Å². The number of ether oxygens (including phenoxy) is 1. The van der Waals surface area contributed by atoms with Crippen molar-refractivity contribution in [1.82, 2.24) is 0 Å². The van der Waals surface area contributed by atoms with Gasteiger partial charge in [0.1, 0.15) is 11.2 Å². The Balaban J connectivity index is 1.87. The van der Waals surface area contributed by atoms with E-state index in [2.05, 4.69) is 0 Å². The molecule has 3 aromatic rings. The number of carbonyl (C=O) groups excluding carboxylic acids is 2. The normalized spacial score (nSPS) is 19.9. The van der Waals surface area contributed by atoms with Crippen LogP contribution >= 0.6 is 0 Å². The smallest absolute Gasteiger partial charge is 0.325 e. The van der Waals surface area contributed by atoms with Crippen LogP contribution in [-0.4, -0.2) is 11.8 Å². The molecule has 3 aromatic carbocycles. The van der Waals surface area contributed by atoms with Gasteiger partial charge in [-0.3, -0.25) is 9.59 Å². The Kier molecular flexibility index (Phi) is 3.24. The highest BCUT2D eigenvalue weighted by atomic mass is 16.5. The first-order valence-electron chi connectivity index (χ1n) is 7.92. The third-order valence-corrected chi connectivity index (χ3v) is 4.67. The summed E-state index contributed by atoms with van der Waals surface area (Å²) in [6, 6.07) is 20.8. The topological polar surface area (TPSA) is 43.4 Å². The quantitative estimate of drug-likeness (QED) is 0.404. The molecule has 0 radical (unpaired) electrons. The third-order valence-electron chi connectivity index (χ3n) is 4.67. The first kappa shape index (κ1) is 14.6. The molecule has 24 heavy (non-hydrogen) atoms. The highest BCUT2D eigenvalue weighted by Gasteiger charge is 2.48. The van der Waals surface area contributed by atoms with Crippen LogP contribution in [0.2, 0.25) is 0 Å². The minimum Gasteiger partial charge on any atom is -0.425 e. The Morgan fingerprint density at radius 1 is 0.875 bits per heavy atom. The van der Waals surface area contributed by atoms with Crippen LogP contribution in [0.3, 0.4) is 0 Å². The van der Waals surface area contributed by atoms with Gasteiger partial charge in [0, 0.05) is 0 Å². The van der Waals surface area contributed by atoms with E-state index in [9.17, 15) is 9.59 Å². The lowest BCUT2D eigenvalue weighted by molar-refractivity contribution is -0.143. The van der Waals surface area contributed by atoms with E-state index in [4.69, 9.17) is 4.74 Å². The zero-order chi connectivity index (χ0) is 16.7. The maximum absolute atomic E-state index is 13.3. The highest BCUT2D eigenvalue weighted by Crippen LogP contribution is 2.41. The Morgan fingerprint density at radius 3 is 2.38 bits per heavy atom. The van der Waals surface area contributed by atoms with Crippen molar-refractivity contribution in [1.29, 1.82) is 0 Å². The van der Waals surface area contributed by atoms with Crippen molar-refractivity contribution in [2.75, 3.05) is 0 Å². The van der Waals surface area contributed by atoms with Crippen LogP contribution in [-0.2, 0) is 11.2 Å². The Labute approximate surface area is 139 Å². The summed E-state index contributed by atoms with van der Waals surface area (Å²) in [5.74, 6) is -0.303. The van der Waals surface area contributed by atoms with Gasteiger partial charge in [0.05, 0.1) is 5.56 Å². The molecule has 0 saturated heterocycles. The number of esters is 1. The van der Waals surface area contributed by atoms with Crippen molar-refractivity contribution in [3.63, 3.8) is 0 Å². The zero-order valence-electron chi connectivity index (χ0n) is 13.3. The van der Waals surface area contributed by atoms with Gasteiger partial charge in [-0.05, 0) is 35.7 Å². The molecule has 0 fully saturated rings. The van der Waals surface area contributed by atoms with Gasteiger partial charge in [0.15, 0.2) is 5.78 Å². The van der Waals surface area contributed by atoms with E-state index in [0.717, 1.165) is 16.3 Å². The van der Waals surface area contributed by atoms with Gasteiger partial charge in [-0.15, -0.1) is 0 Å². The van der Waals surface area contributed by atoms with Gasteiger partial charge >= 0.3 is 5.97 Å². The maximum atomic E-state index is 13.3. The lowest BCUT2D eigenvalue weighted by Gasteiger charge is -2.31. The summed E-state index contributed by atoms with van der Waals surface area (Å²) < 4.78 is 5.54. The molecule has 0 spiro atoms. The molecule has 0 saturated carbocycles. The molecule has 3 nitrogen and oxygen atoms in total. The monoisotopic (exact) mass is 316 g/mol. The molecular weight excluding hydrogens is 300 g/mol. The van der Waals surface area contributed by atoms with E-state index in [1.807, 2.05) is 60.7 Å². The Bertz CT molecular complexity index is 959. The van der Waals surface area contributed by atoms with Crippen molar-refractivity contribution in [2.45, 2.75) is 13.3 Å². The molecule has 118 valence electrons. The van der Waals surface area contributed by atoms with Gasteiger partial charge in [-0.1, -0.05) is 60.7 Å². The van der Waals surface area contributed by atoms with Crippen molar-refractivity contribution in [3.05, 3.63) is 77.9 Å². The van der Waals surface area contributed by atoms with Crippen LogP contribution in [0.1, 0.15) is 22.8 Å². The number of ketones is 1. The fraction of sp³-hybridized carbons (Fsp3) is 0.143. The molecule has 1 aliphatic heterocycles. The molecule has 1 heterocycles. The van der Waals surface area contributed by atoms with Crippen LogP contribution < -0.4 is 4.74 Å². The molecular formula is C21H16O3. The molecule has 0 N–H and O–H groups in total. The van der Waals surface area contributed by atoms with E-state index >= 15 is 0 Å². The molecule has 0 bridgehead atoms. The summed E-state index contributed by atoms with van der Waals surface area (Å²) in [5.41, 5.74) is 0.235. The molecule has 0 aromatic heterocycles. The van der Waals surface area contributed by atoms with E-state index < -0.39 is 11.4 Å². The van der Waals surface area contributed by atoms with Gasteiger partial charge in [0.25, 0.3) is 0 Å². The SMILES string of the molecule is C[C@]1(Cc2ccccc2)C(=O)Oc2ccc3ccccc3c2C1=O. The van der Waals surface area contributed by atoms with E-state index in [0.29, 0.717) is 17.7 Å². The Hall–Kier alpha value is -2.94. The standard InChI is InChI=1S/C21H16O3/c1-21(13-14-7-3-2-4-8-14)19(22)18-16-10-6-5-9-15(16)11-12-17(18)24-20(21)23/h2-12H,13H2,1H3/t21-/m1/s1. The lowest BCUT2D eigenvalue weighted by atomic mass is 9.74. The number of hydrogen-bond donors (Lipinski definition) is 0. The third kappa shape index (κ3) is 2.13. The first-order valence-corrected chi connectivity index (χ1v) is 7.92. The lowest BCUT2D eigenvalue weighted by Crippen LogP contribution is -2.45. The summed E-state index contributed by atoms with van der Waals surface area (Å²) in [4.78, 5) is 25.9. The summed E-state index contributed by atoms with van der Waals surface area (Å²) in [7, 11) is 0. The Morgan fingerprint density at radius 2 is 1.58 bits per heavy atom. The van der Waals surface area contributed by atoms with E-state index in [-0.39, 0.29) is 5.78 Å². The van der Waals surface area contributed by atoms with Gasteiger partial charge < -0.3 is 4.74 Å². The number of rotatable bonds is 2. The van der Waals surface area contributed by atoms with E-state index in [1.165, 1.54) is 0 Å². The zero-order valence-corrected chi connectivity index (χ0v) is 13.3. The maximum Gasteiger partial charge on any atom is 0.325 e. The highest BCUT2D eigenvalue weighted by molar-refractivity contribution is 6.22. The molecule has 1 aliphatic rings. The van der Waals surface area contributed by atoms with E-state index in [1.54, 1.807) is 13.0 Å². The minimum absolute atomic E-state index is 0.172. The number of carbonyl (C=O) groups is 2. The van der Waals surface area contributed by atoms with Crippen LogP contribution in [0.4, 0.5) is 0 Å². The number of fused-ring (bicyclic) bond motifs is 3. The molecule has 1 atom stereocenters. The summed E-state index contributed by atoms with van der Waals surface area (Å²) in [6.45, 7) is 1.68. The average Bonchev–Trinajstić information content (AvgIpc) is 2.60. The van der Waals surface area contributed by atoms with Gasteiger partial charge in [0.2, 0.25) is 0 Å². The molecule has 0 aliphatic carbocycles. The summed E-state index contributed by atoms with van der Waals surface area (Å²) in [5, 5.41) is 1.79. The minimum atomic E-state index is -1.21. The van der Waals surface area contributed by atoms with Crippen molar-refractivity contribution < 1.29 is 14.3 Å². The second kappa shape index (κ2) is 5.31. The van der Waals surface area contributed by atoms with Gasteiger partial charge in [-0.2, -0.15) is 0 Å². The molecule has 0 unspecified atom stereocenters. The van der Waals surface area contributed by atoms with Crippen molar-refractivity contribution in [2.24, 2.45) is 5.41 Å². The van der Waals surface area contributed by atoms with Gasteiger partial charge in [-0.25, -0.2) is 0 Å². The first-order chi connectivity index (χ1) is 11.6. The number of Topliss-reactive ketones (excluding diaryl/α,β-unsaturated/α-hetero) is 1.